The van der Waals surface area contributed by atoms with E-state index in [0.717, 1.165) is 12.8 Å². The average molecular weight is 149 g/mol. The van der Waals surface area contributed by atoms with Gasteiger partial charge in [0.25, 0.3) is 0 Å². The molecule has 55 valence electrons. The summed E-state index contributed by atoms with van der Waals surface area (Å²) in [4.78, 5) is 8.74. The summed E-state index contributed by atoms with van der Waals surface area (Å²) in [6, 6.07) is 0. The Morgan fingerprint density at radius 3 is 2.67 bits per heavy atom. The van der Waals surface area contributed by atoms with Gasteiger partial charge in [-0.3, -0.25) is 0 Å². The van der Waals surface area contributed by atoms with Gasteiger partial charge in [0.15, 0.2) is 0 Å². The Labute approximate surface area is 57.6 Å². The quantitative estimate of drug-likeness (QED) is 0.455. The van der Waals surface area contributed by atoms with Gasteiger partial charge in [-0.15, -0.1) is 0 Å². The lowest BCUT2D eigenvalue weighted by Crippen LogP contribution is -2.20. The molecular weight excluding hydrogens is 136 g/mol. The van der Waals surface area contributed by atoms with Crippen LogP contribution in [0.1, 0.15) is 19.8 Å². The average Bonchev–Trinajstić information content (AvgIpc) is 1.89. The molecule has 0 fully saturated rings. The first-order chi connectivity index (χ1) is 4.31. The van der Waals surface area contributed by atoms with E-state index in [4.69, 9.17) is 9.22 Å². The number of unbranched alkanes of at least 4 members (excludes halogenated alkanes) is 1. The molecule has 0 saturated heterocycles. The van der Waals surface area contributed by atoms with Crippen molar-refractivity contribution < 1.29 is 13.6 Å². The molecule has 0 aromatic carbocycles. The Hall–Kier alpha value is 0.0969. The Balaban J connectivity index is 2.88. The molecule has 0 aromatic rings. The second kappa shape index (κ2) is 6.22. The van der Waals surface area contributed by atoms with E-state index in [2.05, 4.69) is 11.3 Å². The molecule has 0 aliphatic rings. The highest BCUT2D eigenvalue weighted by Gasteiger charge is 2.08. The van der Waals surface area contributed by atoms with Crippen molar-refractivity contribution in [3.05, 3.63) is 0 Å². The van der Waals surface area contributed by atoms with Crippen molar-refractivity contribution in [1.82, 2.24) is 0 Å². The fourth-order valence-corrected chi connectivity index (χ4v) is 0.800. The predicted octanol–water partition coefficient (Wildman–Crippen LogP) is 0.427. The molecule has 0 amide bonds. The Morgan fingerprint density at radius 2 is 2.22 bits per heavy atom. The largest absolute Gasteiger partial charge is 0.574 e. The molecule has 0 aliphatic carbocycles. The van der Waals surface area contributed by atoms with Crippen LogP contribution in [-0.4, -0.2) is 28.0 Å². The van der Waals surface area contributed by atoms with Crippen molar-refractivity contribution >= 4 is 9.53 Å². The Kier molecular flexibility index (Phi) is 6.29. The summed E-state index contributed by atoms with van der Waals surface area (Å²) < 4.78 is 9.40. The lowest BCUT2D eigenvalue weighted by Gasteiger charge is -2.02. The normalized spacial score (nSPS) is 10.7. The summed E-state index contributed by atoms with van der Waals surface area (Å²) >= 11 is 0. The summed E-state index contributed by atoms with van der Waals surface area (Å²) in [5, 5.41) is 0. The molecule has 0 saturated carbocycles. The highest BCUT2D eigenvalue weighted by Crippen LogP contribution is 1.89. The molecule has 0 rings (SSSR count). The topological polar surface area (TPSA) is 38.7 Å². The first-order valence-electron chi connectivity index (χ1n) is 3.04. The minimum absolute atomic E-state index is 0.606. The van der Waals surface area contributed by atoms with Crippen LogP contribution >= 0.6 is 0 Å². The second-order valence-electron chi connectivity index (χ2n) is 1.67. The molecule has 0 bridgehead atoms. The lowest BCUT2D eigenvalue weighted by molar-refractivity contribution is 0.157. The van der Waals surface area contributed by atoms with Crippen molar-refractivity contribution in [2.24, 2.45) is 0 Å². The number of hydrogen-bond acceptors (Lipinski definition) is 3. The summed E-state index contributed by atoms with van der Waals surface area (Å²) in [6.07, 6.45) is 2.07. The molecule has 0 atom stereocenters. The summed E-state index contributed by atoms with van der Waals surface area (Å²) in [5.41, 5.74) is 0. The molecule has 0 unspecified atom stereocenters. The SMILES string of the molecule is CCCCO[Si](O)OC. The van der Waals surface area contributed by atoms with Gasteiger partial charge in [0, 0.05) is 13.7 Å². The van der Waals surface area contributed by atoms with E-state index in [0.29, 0.717) is 6.61 Å². The van der Waals surface area contributed by atoms with Gasteiger partial charge in [-0.05, 0) is 6.42 Å². The van der Waals surface area contributed by atoms with Crippen molar-refractivity contribution in [3.63, 3.8) is 0 Å². The molecular formula is C5H13O3Si. The van der Waals surface area contributed by atoms with Crippen LogP contribution in [0.3, 0.4) is 0 Å². The van der Waals surface area contributed by atoms with E-state index in [1.165, 1.54) is 7.11 Å². The summed E-state index contributed by atoms with van der Waals surface area (Å²) in [7, 11) is -0.457. The maximum absolute atomic E-state index is 8.74. The zero-order valence-corrected chi connectivity index (χ0v) is 6.89. The molecule has 9 heavy (non-hydrogen) atoms. The van der Waals surface area contributed by atoms with Crippen LogP contribution < -0.4 is 0 Å². The fourth-order valence-electron chi connectivity index (χ4n) is 0.363. The van der Waals surface area contributed by atoms with Crippen LogP contribution in [0.15, 0.2) is 0 Å². The molecule has 0 aromatic heterocycles. The lowest BCUT2D eigenvalue weighted by atomic mass is 10.4. The van der Waals surface area contributed by atoms with Crippen LogP contribution in [0.2, 0.25) is 0 Å². The third kappa shape index (κ3) is 5.98. The van der Waals surface area contributed by atoms with Gasteiger partial charge in [0.05, 0.1) is 0 Å². The summed E-state index contributed by atoms with van der Waals surface area (Å²) in [6.45, 7) is 2.68. The van der Waals surface area contributed by atoms with Crippen molar-refractivity contribution in [2.45, 2.75) is 19.8 Å². The van der Waals surface area contributed by atoms with Gasteiger partial charge in [-0.1, -0.05) is 13.3 Å². The predicted molar refractivity (Wildman–Crippen MR) is 35.8 cm³/mol. The molecule has 0 aliphatic heterocycles. The van der Waals surface area contributed by atoms with Crippen LogP contribution in [0.4, 0.5) is 0 Å². The number of rotatable bonds is 5. The highest BCUT2D eigenvalue weighted by molar-refractivity contribution is 6.34. The Morgan fingerprint density at radius 1 is 1.56 bits per heavy atom. The van der Waals surface area contributed by atoms with Gasteiger partial charge >= 0.3 is 9.53 Å². The van der Waals surface area contributed by atoms with Crippen LogP contribution in [0, 0.1) is 0 Å². The third-order valence-electron chi connectivity index (χ3n) is 0.898. The van der Waals surface area contributed by atoms with Gasteiger partial charge in [0.2, 0.25) is 0 Å². The molecule has 1 N–H and O–H groups in total. The van der Waals surface area contributed by atoms with Gasteiger partial charge in [-0.25, -0.2) is 0 Å². The van der Waals surface area contributed by atoms with E-state index in [1.54, 1.807) is 0 Å². The minimum Gasteiger partial charge on any atom is -0.387 e. The minimum atomic E-state index is -1.90. The fraction of sp³-hybridized carbons (Fsp3) is 1.00. The van der Waals surface area contributed by atoms with E-state index >= 15 is 0 Å². The first-order valence-corrected chi connectivity index (χ1v) is 4.30. The van der Waals surface area contributed by atoms with E-state index in [-0.39, 0.29) is 0 Å². The molecule has 3 nitrogen and oxygen atoms in total. The maximum Gasteiger partial charge on any atom is 0.574 e. The van der Waals surface area contributed by atoms with Gasteiger partial charge < -0.3 is 13.6 Å². The molecule has 1 radical (unpaired) electrons. The molecule has 0 spiro atoms. The Bertz CT molecular complexity index is 60.2. The third-order valence-corrected chi connectivity index (χ3v) is 1.70. The standard InChI is InChI=1S/C5H13O3Si/c1-3-4-5-8-9(6)7-2/h6H,3-5H2,1-2H3. The van der Waals surface area contributed by atoms with Crippen molar-refractivity contribution in [3.8, 4) is 0 Å². The van der Waals surface area contributed by atoms with Gasteiger partial charge in [0.1, 0.15) is 0 Å². The van der Waals surface area contributed by atoms with E-state index in [9.17, 15) is 0 Å². The molecule has 0 heterocycles. The van der Waals surface area contributed by atoms with Crippen molar-refractivity contribution in [2.75, 3.05) is 13.7 Å². The highest BCUT2D eigenvalue weighted by atomic mass is 28.3. The second-order valence-corrected chi connectivity index (χ2v) is 2.90. The smallest absolute Gasteiger partial charge is 0.387 e. The van der Waals surface area contributed by atoms with Crippen molar-refractivity contribution in [1.29, 1.82) is 0 Å². The zero-order valence-electron chi connectivity index (χ0n) is 5.89. The number of hydrogen-bond donors (Lipinski definition) is 1. The van der Waals surface area contributed by atoms with E-state index in [1.807, 2.05) is 0 Å². The molecule has 4 heteroatoms. The first kappa shape index (κ1) is 9.10. The van der Waals surface area contributed by atoms with Crippen LogP contribution in [0.25, 0.3) is 0 Å². The maximum atomic E-state index is 8.74. The van der Waals surface area contributed by atoms with Crippen LogP contribution in [0.5, 0.6) is 0 Å². The van der Waals surface area contributed by atoms with Gasteiger partial charge in [-0.2, -0.15) is 0 Å². The summed E-state index contributed by atoms with van der Waals surface area (Å²) in [5.74, 6) is 0. The monoisotopic (exact) mass is 149 g/mol. The van der Waals surface area contributed by atoms with E-state index < -0.39 is 9.53 Å². The zero-order chi connectivity index (χ0) is 7.11. The van der Waals surface area contributed by atoms with Crippen LogP contribution in [-0.2, 0) is 8.85 Å².